The first kappa shape index (κ1) is 8.31. The lowest BCUT2D eigenvalue weighted by molar-refractivity contribution is 0.103. The Morgan fingerprint density at radius 2 is 2.30 bits per heavy atom. The molecule has 0 aliphatic carbocycles. The lowest BCUT2D eigenvalue weighted by Crippen LogP contribution is -2.61. The summed E-state index contributed by atoms with van der Waals surface area (Å²) in [5, 5.41) is 3.44. The van der Waals surface area contributed by atoms with Gasteiger partial charge in [-0.2, -0.15) is 0 Å². The van der Waals surface area contributed by atoms with Gasteiger partial charge in [-0.25, -0.2) is 0 Å². The molecule has 0 saturated carbocycles. The molecule has 0 amide bonds. The van der Waals surface area contributed by atoms with Gasteiger partial charge in [0, 0.05) is 12.6 Å². The van der Waals surface area contributed by atoms with E-state index >= 15 is 0 Å². The molecule has 2 aliphatic heterocycles. The van der Waals surface area contributed by atoms with Gasteiger partial charge in [-0.3, -0.25) is 0 Å². The van der Waals surface area contributed by atoms with Crippen LogP contribution >= 0.6 is 12.4 Å². The number of rotatable bonds is 0. The summed E-state index contributed by atoms with van der Waals surface area (Å²) in [4.78, 5) is 2.41. The highest BCUT2D eigenvalue weighted by Gasteiger charge is 2.33. The SMILES string of the molecule is CN1CC[C@H]2CN[C@H]2C1.Cl. The smallest absolute Gasteiger partial charge is 0.0235 e. The van der Waals surface area contributed by atoms with E-state index in [-0.39, 0.29) is 12.4 Å². The zero-order valence-corrected chi connectivity index (χ0v) is 7.16. The average Bonchev–Trinajstić information content (AvgIpc) is 1.78. The molecule has 0 bridgehead atoms. The maximum atomic E-state index is 3.44. The molecule has 2 fully saturated rings. The van der Waals surface area contributed by atoms with Gasteiger partial charge >= 0.3 is 0 Å². The van der Waals surface area contributed by atoms with E-state index < -0.39 is 0 Å². The number of hydrogen-bond acceptors (Lipinski definition) is 2. The zero-order valence-electron chi connectivity index (χ0n) is 6.34. The van der Waals surface area contributed by atoms with Crippen LogP contribution in [-0.2, 0) is 0 Å². The number of halogens is 1. The molecule has 0 aromatic rings. The molecule has 60 valence electrons. The number of piperidine rings is 1. The Hall–Kier alpha value is 0.210. The van der Waals surface area contributed by atoms with Crippen LogP contribution in [-0.4, -0.2) is 37.6 Å². The first-order valence-electron chi connectivity index (χ1n) is 3.78. The second kappa shape index (κ2) is 3.07. The minimum Gasteiger partial charge on any atom is -0.312 e. The van der Waals surface area contributed by atoms with Crippen LogP contribution in [0.3, 0.4) is 0 Å². The van der Waals surface area contributed by atoms with Gasteiger partial charge in [-0.1, -0.05) is 0 Å². The summed E-state index contributed by atoms with van der Waals surface area (Å²) in [6, 6.07) is 0.837. The highest BCUT2D eigenvalue weighted by atomic mass is 35.5. The summed E-state index contributed by atoms with van der Waals surface area (Å²) >= 11 is 0. The standard InChI is InChI=1S/C7H14N2.ClH/c1-9-3-2-6-4-8-7(6)5-9;/h6-8H,2-5H2,1H3;1H/t6-,7-;/m0./s1. The Morgan fingerprint density at radius 3 is 2.70 bits per heavy atom. The average molecular weight is 163 g/mol. The summed E-state index contributed by atoms with van der Waals surface area (Å²) < 4.78 is 0. The molecule has 3 heteroatoms. The van der Waals surface area contributed by atoms with Gasteiger partial charge in [0.1, 0.15) is 0 Å². The van der Waals surface area contributed by atoms with Crippen LogP contribution in [0.25, 0.3) is 0 Å². The van der Waals surface area contributed by atoms with Crippen molar-refractivity contribution >= 4 is 12.4 Å². The van der Waals surface area contributed by atoms with Gasteiger partial charge in [0.05, 0.1) is 0 Å². The van der Waals surface area contributed by atoms with E-state index in [1.165, 1.54) is 26.1 Å². The number of nitrogens with one attached hydrogen (secondary N) is 1. The summed E-state index contributed by atoms with van der Waals surface area (Å²) in [6.45, 7) is 3.85. The van der Waals surface area contributed by atoms with Crippen molar-refractivity contribution in [1.82, 2.24) is 10.2 Å². The third-order valence-electron chi connectivity index (χ3n) is 2.60. The molecular formula is C7H15ClN2. The van der Waals surface area contributed by atoms with Crippen molar-refractivity contribution in [2.75, 3.05) is 26.7 Å². The normalized spacial score (nSPS) is 39.3. The van der Waals surface area contributed by atoms with Gasteiger partial charge in [0.15, 0.2) is 0 Å². The predicted octanol–water partition coefficient (Wildman–Crippen LogP) is 0.332. The molecule has 2 heterocycles. The lowest BCUT2D eigenvalue weighted by Gasteiger charge is -2.45. The minimum absolute atomic E-state index is 0. The van der Waals surface area contributed by atoms with E-state index in [1.807, 2.05) is 0 Å². The van der Waals surface area contributed by atoms with E-state index in [1.54, 1.807) is 0 Å². The molecular weight excluding hydrogens is 148 g/mol. The highest BCUT2D eigenvalue weighted by Crippen LogP contribution is 2.22. The van der Waals surface area contributed by atoms with Crippen molar-refractivity contribution in [3.63, 3.8) is 0 Å². The van der Waals surface area contributed by atoms with Crippen molar-refractivity contribution < 1.29 is 0 Å². The summed E-state index contributed by atoms with van der Waals surface area (Å²) in [5.74, 6) is 1.01. The lowest BCUT2D eigenvalue weighted by atomic mass is 9.85. The Labute approximate surface area is 68.4 Å². The number of hydrogen-bond donors (Lipinski definition) is 1. The quantitative estimate of drug-likeness (QED) is 0.553. The van der Waals surface area contributed by atoms with E-state index in [0.29, 0.717) is 0 Å². The molecule has 0 aromatic heterocycles. The Morgan fingerprint density at radius 1 is 1.50 bits per heavy atom. The fourth-order valence-electron chi connectivity index (χ4n) is 1.78. The molecule has 0 aromatic carbocycles. The van der Waals surface area contributed by atoms with Gasteiger partial charge in [0.2, 0.25) is 0 Å². The Kier molecular flexibility index (Phi) is 2.55. The zero-order chi connectivity index (χ0) is 6.27. The van der Waals surface area contributed by atoms with Crippen molar-refractivity contribution in [2.24, 2.45) is 5.92 Å². The molecule has 2 nitrogen and oxygen atoms in total. The van der Waals surface area contributed by atoms with Crippen molar-refractivity contribution in [3.8, 4) is 0 Å². The third-order valence-corrected chi connectivity index (χ3v) is 2.60. The van der Waals surface area contributed by atoms with Gasteiger partial charge in [-0.15, -0.1) is 12.4 Å². The van der Waals surface area contributed by atoms with Crippen LogP contribution in [0.5, 0.6) is 0 Å². The van der Waals surface area contributed by atoms with Crippen molar-refractivity contribution in [3.05, 3.63) is 0 Å². The minimum atomic E-state index is 0. The molecule has 2 saturated heterocycles. The third kappa shape index (κ3) is 1.29. The van der Waals surface area contributed by atoms with E-state index in [4.69, 9.17) is 0 Å². The van der Waals surface area contributed by atoms with Crippen molar-refractivity contribution in [1.29, 1.82) is 0 Å². The van der Waals surface area contributed by atoms with Gasteiger partial charge in [0.25, 0.3) is 0 Å². The monoisotopic (exact) mass is 162 g/mol. The fourth-order valence-corrected chi connectivity index (χ4v) is 1.78. The first-order valence-corrected chi connectivity index (χ1v) is 3.78. The van der Waals surface area contributed by atoms with Gasteiger partial charge in [-0.05, 0) is 32.5 Å². The van der Waals surface area contributed by atoms with E-state index in [9.17, 15) is 0 Å². The Balaban J connectivity index is 0.000000500. The maximum Gasteiger partial charge on any atom is 0.0235 e. The van der Waals surface area contributed by atoms with Crippen LogP contribution in [0, 0.1) is 5.92 Å². The molecule has 2 rings (SSSR count). The largest absolute Gasteiger partial charge is 0.312 e. The second-order valence-electron chi connectivity index (χ2n) is 3.33. The molecule has 1 N–H and O–H groups in total. The molecule has 2 atom stereocenters. The number of fused-ring (bicyclic) bond motifs is 1. The van der Waals surface area contributed by atoms with Crippen LogP contribution in [0.1, 0.15) is 6.42 Å². The molecule has 10 heavy (non-hydrogen) atoms. The Bertz CT molecular complexity index is 118. The fraction of sp³-hybridized carbons (Fsp3) is 1.00. The highest BCUT2D eigenvalue weighted by molar-refractivity contribution is 5.85. The first-order chi connectivity index (χ1) is 4.36. The van der Waals surface area contributed by atoms with Crippen molar-refractivity contribution in [2.45, 2.75) is 12.5 Å². The van der Waals surface area contributed by atoms with Gasteiger partial charge < -0.3 is 10.2 Å². The summed E-state index contributed by atoms with van der Waals surface area (Å²) in [6.07, 6.45) is 1.41. The molecule has 0 unspecified atom stereocenters. The second-order valence-corrected chi connectivity index (χ2v) is 3.33. The van der Waals surface area contributed by atoms with E-state index in [0.717, 1.165) is 12.0 Å². The van der Waals surface area contributed by atoms with Crippen LogP contribution in [0.2, 0.25) is 0 Å². The van der Waals surface area contributed by atoms with Crippen LogP contribution < -0.4 is 5.32 Å². The van der Waals surface area contributed by atoms with Crippen LogP contribution in [0.15, 0.2) is 0 Å². The summed E-state index contributed by atoms with van der Waals surface area (Å²) in [7, 11) is 2.20. The molecule has 0 spiro atoms. The maximum absolute atomic E-state index is 3.44. The van der Waals surface area contributed by atoms with E-state index in [2.05, 4.69) is 17.3 Å². The molecule has 0 radical (unpaired) electrons. The number of likely N-dealkylation sites (N-methyl/N-ethyl adjacent to an activating group) is 1. The number of likely N-dealkylation sites (tertiary alicyclic amines) is 1. The number of nitrogens with zero attached hydrogens (tertiary/aromatic N) is 1. The topological polar surface area (TPSA) is 15.3 Å². The predicted molar refractivity (Wildman–Crippen MR) is 44.6 cm³/mol. The van der Waals surface area contributed by atoms with Crippen LogP contribution in [0.4, 0.5) is 0 Å². The summed E-state index contributed by atoms with van der Waals surface area (Å²) in [5.41, 5.74) is 0. The molecule has 2 aliphatic rings.